The highest BCUT2D eigenvalue weighted by molar-refractivity contribution is 5.91. The van der Waals surface area contributed by atoms with E-state index in [2.05, 4.69) is 24.4 Å². The van der Waals surface area contributed by atoms with Gasteiger partial charge in [0.2, 0.25) is 0 Å². The van der Waals surface area contributed by atoms with Crippen LogP contribution in [0.25, 0.3) is 10.9 Å². The Morgan fingerprint density at radius 3 is 3.00 bits per heavy atom. The van der Waals surface area contributed by atoms with Crippen LogP contribution in [0.15, 0.2) is 36.9 Å². The Labute approximate surface area is 115 Å². The highest BCUT2D eigenvalue weighted by Gasteiger charge is 2.19. The van der Waals surface area contributed by atoms with Crippen LogP contribution >= 0.6 is 0 Å². The fraction of sp³-hybridized carbons (Fsp3) is 0.214. The van der Waals surface area contributed by atoms with E-state index in [-0.39, 0.29) is 0 Å². The fourth-order valence-corrected chi connectivity index (χ4v) is 2.67. The van der Waals surface area contributed by atoms with E-state index in [0.29, 0.717) is 0 Å². The Balaban J connectivity index is 1.81. The van der Waals surface area contributed by atoms with Crippen LogP contribution in [-0.4, -0.2) is 26.1 Å². The van der Waals surface area contributed by atoms with Gasteiger partial charge in [0.1, 0.15) is 18.0 Å². The molecule has 0 bridgehead atoms. The van der Waals surface area contributed by atoms with E-state index in [1.54, 1.807) is 6.33 Å². The zero-order chi connectivity index (χ0) is 13.5. The van der Waals surface area contributed by atoms with Crippen molar-refractivity contribution in [1.29, 1.82) is 0 Å². The van der Waals surface area contributed by atoms with Crippen molar-refractivity contribution in [1.82, 2.24) is 19.5 Å². The third-order valence-electron chi connectivity index (χ3n) is 3.68. The molecule has 2 N–H and O–H groups in total. The number of nitrogen functional groups attached to an aromatic ring is 1. The summed E-state index contributed by atoms with van der Waals surface area (Å²) in [5.41, 5.74) is 7.54. The molecule has 1 aliphatic heterocycles. The number of aromatic nitrogens is 4. The van der Waals surface area contributed by atoms with Crippen molar-refractivity contribution >= 4 is 22.4 Å². The van der Waals surface area contributed by atoms with E-state index in [1.165, 1.54) is 0 Å². The molecule has 0 amide bonds. The topological polar surface area (TPSA) is 72.9 Å². The van der Waals surface area contributed by atoms with Gasteiger partial charge in [-0.15, -0.1) is 0 Å². The SMILES string of the molecule is Nc1ccc2ncnc(N3CCn4ccnc4C3)c2c1. The summed E-state index contributed by atoms with van der Waals surface area (Å²) in [7, 11) is 0. The molecule has 0 fully saturated rings. The first-order chi connectivity index (χ1) is 9.81. The molecule has 6 heteroatoms. The molecule has 100 valence electrons. The number of fused-ring (bicyclic) bond motifs is 2. The summed E-state index contributed by atoms with van der Waals surface area (Å²) in [4.78, 5) is 15.4. The molecule has 20 heavy (non-hydrogen) atoms. The number of rotatable bonds is 1. The van der Waals surface area contributed by atoms with Crippen molar-refractivity contribution in [2.24, 2.45) is 0 Å². The van der Waals surface area contributed by atoms with Crippen LogP contribution in [0.5, 0.6) is 0 Å². The molecule has 1 aromatic carbocycles. The van der Waals surface area contributed by atoms with Crippen LogP contribution in [0.4, 0.5) is 11.5 Å². The number of nitrogens with zero attached hydrogens (tertiary/aromatic N) is 5. The summed E-state index contributed by atoms with van der Waals surface area (Å²) in [6.45, 7) is 2.58. The average molecular weight is 266 g/mol. The lowest BCUT2D eigenvalue weighted by Gasteiger charge is -2.29. The molecule has 0 spiro atoms. The normalized spacial score (nSPS) is 14.5. The second-order valence-corrected chi connectivity index (χ2v) is 4.93. The summed E-state index contributed by atoms with van der Waals surface area (Å²) in [5, 5.41) is 0.993. The number of benzene rings is 1. The molecule has 1 aliphatic rings. The summed E-state index contributed by atoms with van der Waals surface area (Å²) in [6.07, 6.45) is 5.46. The summed E-state index contributed by atoms with van der Waals surface area (Å²) >= 11 is 0. The van der Waals surface area contributed by atoms with Gasteiger partial charge in [-0.25, -0.2) is 15.0 Å². The molecule has 0 atom stereocenters. The minimum Gasteiger partial charge on any atom is -0.399 e. The van der Waals surface area contributed by atoms with E-state index in [1.807, 2.05) is 30.6 Å². The molecule has 3 heterocycles. The van der Waals surface area contributed by atoms with E-state index in [0.717, 1.165) is 47.9 Å². The van der Waals surface area contributed by atoms with Crippen molar-refractivity contribution in [2.45, 2.75) is 13.1 Å². The van der Waals surface area contributed by atoms with Gasteiger partial charge in [0.25, 0.3) is 0 Å². The Morgan fingerprint density at radius 1 is 1.10 bits per heavy atom. The van der Waals surface area contributed by atoms with Crippen molar-refractivity contribution in [3.05, 3.63) is 42.7 Å². The standard InChI is InChI=1S/C14H14N6/c15-10-1-2-12-11(7-10)14(18-9-17-12)20-6-5-19-4-3-16-13(19)8-20/h1-4,7,9H,5-6,8,15H2. The van der Waals surface area contributed by atoms with Crippen LogP contribution in [0.1, 0.15) is 5.82 Å². The summed E-state index contributed by atoms with van der Waals surface area (Å²) in [6, 6.07) is 5.73. The van der Waals surface area contributed by atoms with Gasteiger partial charge in [-0.05, 0) is 18.2 Å². The minimum atomic E-state index is 0.729. The number of imidazole rings is 1. The number of hydrogen-bond acceptors (Lipinski definition) is 5. The summed E-state index contributed by atoms with van der Waals surface area (Å²) < 4.78 is 2.17. The second kappa shape index (κ2) is 4.19. The predicted molar refractivity (Wildman–Crippen MR) is 77.2 cm³/mol. The number of hydrogen-bond donors (Lipinski definition) is 1. The molecule has 6 nitrogen and oxygen atoms in total. The lowest BCUT2D eigenvalue weighted by Crippen LogP contribution is -2.34. The number of nitrogens with two attached hydrogens (primary N) is 1. The van der Waals surface area contributed by atoms with Gasteiger partial charge >= 0.3 is 0 Å². The maximum Gasteiger partial charge on any atom is 0.140 e. The van der Waals surface area contributed by atoms with Crippen LogP contribution in [0.2, 0.25) is 0 Å². The van der Waals surface area contributed by atoms with E-state index >= 15 is 0 Å². The quantitative estimate of drug-likeness (QED) is 0.674. The molecule has 3 aromatic rings. The maximum absolute atomic E-state index is 5.89. The van der Waals surface area contributed by atoms with Gasteiger partial charge in [0.05, 0.1) is 12.1 Å². The van der Waals surface area contributed by atoms with E-state index in [9.17, 15) is 0 Å². The summed E-state index contributed by atoms with van der Waals surface area (Å²) in [5.74, 6) is 1.99. The molecule has 0 saturated carbocycles. The van der Waals surface area contributed by atoms with Crippen LogP contribution < -0.4 is 10.6 Å². The van der Waals surface area contributed by atoms with Crippen molar-refractivity contribution in [3.63, 3.8) is 0 Å². The maximum atomic E-state index is 5.89. The third kappa shape index (κ3) is 1.69. The Kier molecular flexibility index (Phi) is 2.35. The van der Waals surface area contributed by atoms with Gasteiger partial charge in [-0.3, -0.25) is 0 Å². The predicted octanol–water partition coefficient (Wildman–Crippen LogP) is 1.43. The first-order valence-electron chi connectivity index (χ1n) is 6.56. The highest BCUT2D eigenvalue weighted by atomic mass is 15.3. The van der Waals surface area contributed by atoms with Gasteiger partial charge in [-0.2, -0.15) is 0 Å². The Morgan fingerprint density at radius 2 is 2.05 bits per heavy atom. The Hall–Kier alpha value is -2.63. The molecule has 2 aromatic heterocycles. The van der Waals surface area contributed by atoms with Gasteiger partial charge in [-0.1, -0.05) is 0 Å². The molecule has 0 aliphatic carbocycles. The number of anilines is 2. The van der Waals surface area contributed by atoms with Gasteiger partial charge in [0.15, 0.2) is 0 Å². The van der Waals surface area contributed by atoms with Crippen molar-refractivity contribution < 1.29 is 0 Å². The molecule has 0 radical (unpaired) electrons. The monoisotopic (exact) mass is 266 g/mol. The minimum absolute atomic E-state index is 0.729. The van der Waals surface area contributed by atoms with Crippen molar-refractivity contribution in [2.75, 3.05) is 17.2 Å². The molecular formula is C14H14N6. The Bertz CT molecular complexity index is 778. The molecule has 0 unspecified atom stereocenters. The fourth-order valence-electron chi connectivity index (χ4n) is 2.67. The smallest absolute Gasteiger partial charge is 0.140 e. The van der Waals surface area contributed by atoms with Crippen LogP contribution in [0, 0.1) is 0 Å². The average Bonchev–Trinajstić information content (AvgIpc) is 2.94. The largest absolute Gasteiger partial charge is 0.399 e. The zero-order valence-electron chi connectivity index (χ0n) is 10.9. The van der Waals surface area contributed by atoms with Crippen molar-refractivity contribution in [3.8, 4) is 0 Å². The van der Waals surface area contributed by atoms with E-state index < -0.39 is 0 Å². The van der Waals surface area contributed by atoms with Gasteiger partial charge < -0.3 is 15.2 Å². The highest BCUT2D eigenvalue weighted by Crippen LogP contribution is 2.27. The van der Waals surface area contributed by atoms with E-state index in [4.69, 9.17) is 5.73 Å². The lowest BCUT2D eigenvalue weighted by molar-refractivity contribution is 0.557. The van der Waals surface area contributed by atoms with Gasteiger partial charge in [0, 0.05) is 36.6 Å². The first-order valence-corrected chi connectivity index (χ1v) is 6.56. The molecular weight excluding hydrogens is 252 g/mol. The first kappa shape index (κ1) is 11.2. The zero-order valence-corrected chi connectivity index (χ0v) is 10.9. The van der Waals surface area contributed by atoms with Crippen LogP contribution in [-0.2, 0) is 13.1 Å². The molecule has 0 saturated heterocycles. The molecule has 4 rings (SSSR count). The van der Waals surface area contributed by atoms with Crippen LogP contribution in [0.3, 0.4) is 0 Å². The third-order valence-corrected chi connectivity index (χ3v) is 3.68. The second-order valence-electron chi connectivity index (χ2n) is 4.93. The lowest BCUT2D eigenvalue weighted by atomic mass is 10.2.